The molecule has 1 atom stereocenters. The molecular formula is C13H22N4S. The van der Waals surface area contributed by atoms with Gasteiger partial charge in [0.05, 0.1) is 5.69 Å². The smallest absolute Gasteiger partial charge is 0.212 e. The fraction of sp³-hybridized carbons (Fsp3) is 0.692. The number of thiazole rings is 1. The van der Waals surface area contributed by atoms with Crippen LogP contribution in [-0.4, -0.2) is 10.9 Å². The highest BCUT2D eigenvalue weighted by atomic mass is 32.1. The lowest BCUT2D eigenvalue weighted by Gasteiger charge is -2.12. The van der Waals surface area contributed by atoms with Gasteiger partial charge in [-0.15, -0.1) is 0 Å². The Labute approximate surface area is 113 Å². The quantitative estimate of drug-likeness (QED) is 0.500. The predicted molar refractivity (Wildman–Crippen MR) is 77.2 cm³/mol. The van der Waals surface area contributed by atoms with Gasteiger partial charge >= 0.3 is 0 Å². The predicted octanol–water partition coefficient (Wildman–Crippen LogP) is 2.73. The van der Waals surface area contributed by atoms with Crippen LogP contribution in [0.4, 0.5) is 5.13 Å². The number of aliphatic imine (C=N–C) groups is 1. The average Bonchev–Trinajstić information content (AvgIpc) is 2.57. The van der Waals surface area contributed by atoms with Gasteiger partial charge in [-0.3, -0.25) is 0 Å². The fourth-order valence-corrected chi connectivity index (χ4v) is 3.57. The van der Waals surface area contributed by atoms with E-state index in [4.69, 9.17) is 11.5 Å². The molecule has 1 aliphatic carbocycles. The molecule has 0 amide bonds. The molecule has 0 aromatic carbocycles. The number of nitrogens with two attached hydrogens (primary N) is 2. The summed E-state index contributed by atoms with van der Waals surface area (Å²) in [7, 11) is 0. The van der Waals surface area contributed by atoms with E-state index < -0.39 is 0 Å². The molecule has 1 aliphatic rings. The van der Waals surface area contributed by atoms with Crippen molar-refractivity contribution in [3.63, 3.8) is 0 Å². The Hall–Kier alpha value is -1.10. The van der Waals surface area contributed by atoms with Crippen LogP contribution in [0.25, 0.3) is 0 Å². The molecule has 2 rings (SSSR count). The second kappa shape index (κ2) is 6.18. The molecule has 0 fully saturated rings. The van der Waals surface area contributed by atoms with Crippen molar-refractivity contribution in [2.45, 2.75) is 51.9 Å². The van der Waals surface area contributed by atoms with Gasteiger partial charge in [-0.2, -0.15) is 4.99 Å². The molecular weight excluding hydrogens is 244 g/mol. The van der Waals surface area contributed by atoms with E-state index >= 15 is 0 Å². The molecule has 0 bridgehead atoms. The zero-order valence-electron chi connectivity index (χ0n) is 11.0. The SMILES string of the molecule is CCCC[C@@H]1CCCc2sc(N=C(N)N)nc2C1. The molecule has 4 nitrogen and oxygen atoms in total. The molecule has 18 heavy (non-hydrogen) atoms. The van der Waals surface area contributed by atoms with Crippen LogP contribution < -0.4 is 11.5 Å². The Morgan fingerprint density at radius 2 is 2.33 bits per heavy atom. The van der Waals surface area contributed by atoms with E-state index in [0.717, 1.165) is 23.9 Å². The van der Waals surface area contributed by atoms with Gasteiger partial charge in [0.15, 0.2) is 5.96 Å². The lowest BCUT2D eigenvalue weighted by molar-refractivity contribution is 0.428. The van der Waals surface area contributed by atoms with E-state index in [-0.39, 0.29) is 5.96 Å². The van der Waals surface area contributed by atoms with E-state index in [1.54, 1.807) is 11.3 Å². The van der Waals surface area contributed by atoms with Crippen LogP contribution in [0.2, 0.25) is 0 Å². The number of hydrogen-bond acceptors (Lipinski definition) is 3. The van der Waals surface area contributed by atoms with Gasteiger partial charge in [-0.05, 0) is 31.6 Å². The van der Waals surface area contributed by atoms with E-state index in [1.165, 1.54) is 42.7 Å². The third kappa shape index (κ3) is 3.45. The van der Waals surface area contributed by atoms with Gasteiger partial charge in [-0.1, -0.05) is 37.5 Å². The maximum atomic E-state index is 5.40. The molecule has 1 heterocycles. The topological polar surface area (TPSA) is 77.3 Å². The molecule has 1 aromatic heterocycles. The first-order valence-electron chi connectivity index (χ1n) is 6.77. The minimum Gasteiger partial charge on any atom is -0.370 e. The highest BCUT2D eigenvalue weighted by Gasteiger charge is 2.20. The number of nitrogens with zero attached hydrogens (tertiary/aromatic N) is 2. The van der Waals surface area contributed by atoms with Crippen molar-refractivity contribution in [2.75, 3.05) is 0 Å². The Kier molecular flexibility index (Phi) is 4.58. The summed E-state index contributed by atoms with van der Waals surface area (Å²) in [6, 6.07) is 0. The second-order valence-electron chi connectivity index (χ2n) is 5.01. The summed E-state index contributed by atoms with van der Waals surface area (Å²) in [5, 5.41) is 0.719. The number of aryl methyl sites for hydroxylation is 1. The van der Waals surface area contributed by atoms with Gasteiger partial charge in [-0.25, -0.2) is 4.98 Å². The minimum absolute atomic E-state index is 0.0986. The Morgan fingerprint density at radius 1 is 1.50 bits per heavy atom. The zero-order chi connectivity index (χ0) is 13.0. The van der Waals surface area contributed by atoms with Crippen molar-refractivity contribution in [1.29, 1.82) is 0 Å². The van der Waals surface area contributed by atoms with E-state index in [0.29, 0.717) is 0 Å². The molecule has 0 aliphatic heterocycles. The first-order chi connectivity index (χ1) is 8.69. The molecule has 4 N–H and O–H groups in total. The van der Waals surface area contributed by atoms with Crippen LogP contribution in [0.3, 0.4) is 0 Å². The van der Waals surface area contributed by atoms with E-state index in [9.17, 15) is 0 Å². The molecule has 0 saturated heterocycles. The summed E-state index contributed by atoms with van der Waals surface area (Å²) in [4.78, 5) is 10.0. The number of rotatable bonds is 4. The molecule has 100 valence electrons. The van der Waals surface area contributed by atoms with Gasteiger partial charge in [0.2, 0.25) is 5.13 Å². The number of fused-ring (bicyclic) bond motifs is 1. The summed E-state index contributed by atoms with van der Waals surface area (Å²) in [5.74, 6) is 0.891. The third-order valence-corrected chi connectivity index (χ3v) is 4.51. The van der Waals surface area contributed by atoms with Gasteiger partial charge in [0.1, 0.15) is 0 Å². The molecule has 0 unspecified atom stereocenters. The van der Waals surface area contributed by atoms with Crippen LogP contribution >= 0.6 is 11.3 Å². The van der Waals surface area contributed by atoms with Crippen molar-refractivity contribution in [3.8, 4) is 0 Å². The lowest BCUT2D eigenvalue weighted by atomic mass is 9.94. The summed E-state index contributed by atoms with van der Waals surface area (Å²) >= 11 is 1.64. The number of guanidine groups is 1. The third-order valence-electron chi connectivity index (χ3n) is 3.46. The lowest BCUT2D eigenvalue weighted by Crippen LogP contribution is -2.21. The van der Waals surface area contributed by atoms with Crippen molar-refractivity contribution < 1.29 is 0 Å². The first-order valence-corrected chi connectivity index (χ1v) is 7.59. The minimum atomic E-state index is 0.0986. The van der Waals surface area contributed by atoms with Crippen molar-refractivity contribution in [2.24, 2.45) is 22.4 Å². The second-order valence-corrected chi connectivity index (χ2v) is 6.07. The summed E-state index contributed by atoms with van der Waals surface area (Å²) < 4.78 is 0. The number of hydrogen-bond donors (Lipinski definition) is 2. The van der Waals surface area contributed by atoms with Crippen LogP contribution in [0.15, 0.2) is 4.99 Å². The number of unbranched alkanes of at least 4 members (excludes halogenated alkanes) is 1. The van der Waals surface area contributed by atoms with E-state index in [2.05, 4.69) is 16.9 Å². The largest absolute Gasteiger partial charge is 0.370 e. The Bertz CT molecular complexity index is 421. The summed E-state index contributed by atoms with van der Waals surface area (Å²) in [5.41, 5.74) is 12.0. The van der Waals surface area contributed by atoms with Crippen molar-refractivity contribution in [3.05, 3.63) is 10.6 Å². The maximum absolute atomic E-state index is 5.40. The molecule has 0 saturated carbocycles. The Morgan fingerprint density at radius 3 is 3.06 bits per heavy atom. The zero-order valence-corrected chi connectivity index (χ0v) is 11.8. The summed E-state index contributed by atoms with van der Waals surface area (Å²) in [6.45, 7) is 2.25. The van der Waals surface area contributed by atoms with Crippen LogP contribution in [0.5, 0.6) is 0 Å². The Balaban J connectivity index is 2.10. The van der Waals surface area contributed by atoms with Crippen LogP contribution in [0, 0.1) is 5.92 Å². The van der Waals surface area contributed by atoms with Crippen molar-refractivity contribution >= 4 is 22.4 Å². The van der Waals surface area contributed by atoms with Crippen LogP contribution in [0.1, 0.15) is 49.6 Å². The highest BCUT2D eigenvalue weighted by molar-refractivity contribution is 7.15. The van der Waals surface area contributed by atoms with Crippen LogP contribution in [-0.2, 0) is 12.8 Å². The average molecular weight is 266 g/mol. The monoisotopic (exact) mass is 266 g/mol. The maximum Gasteiger partial charge on any atom is 0.212 e. The van der Waals surface area contributed by atoms with Gasteiger partial charge in [0.25, 0.3) is 0 Å². The van der Waals surface area contributed by atoms with Crippen molar-refractivity contribution in [1.82, 2.24) is 4.98 Å². The van der Waals surface area contributed by atoms with E-state index in [1.807, 2.05) is 0 Å². The van der Waals surface area contributed by atoms with Gasteiger partial charge < -0.3 is 11.5 Å². The fourth-order valence-electron chi connectivity index (χ4n) is 2.55. The molecule has 0 spiro atoms. The first kappa shape index (κ1) is 13.3. The molecule has 1 aromatic rings. The number of aromatic nitrogens is 1. The molecule has 5 heteroatoms. The molecule has 0 radical (unpaired) electrons. The highest BCUT2D eigenvalue weighted by Crippen LogP contribution is 2.33. The normalized spacial score (nSPS) is 19.1. The summed E-state index contributed by atoms with van der Waals surface area (Å²) in [6.07, 6.45) is 8.77. The van der Waals surface area contributed by atoms with Gasteiger partial charge in [0, 0.05) is 4.88 Å². The standard InChI is InChI=1S/C13H22N4S/c1-2-3-5-9-6-4-7-11-10(8-9)16-13(18-11)17-12(14)15/h9H,2-8H2,1H3,(H4,14,15,16,17)/t9-/m1/s1.